The highest BCUT2D eigenvalue weighted by Gasteiger charge is 2.11. The molecular weight excluding hydrogens is 270 g/mol. The van der Waals surface area contributed by atoms with Gasteiger partial charge in [0, 0.05) is 11.1 Å². The Morgan fingerprint density at radius 2 is 2.05 bits per heavy atom. The van der Waals surface area contributed by atoms with Gasteiger partial charge in [0.1, 0.15) is 5.76 Å². The molecule has 1 heterocycles. The highest BCUT2D eigenvalue weighted by Crippen LogP contribution is 2.21. The van der Waals surface area contributed by atoms with Crippen molar-refractivity contribution in [3.63, 3.8) is 0 Å². The lowest BCUT2D eigenvalue weighted by Gasteiger charge is -1.96. The summed E-state index contributed by atoms with van der Waals surface area (Å²) in [6.07, 6.45) is 4.17. The number of halogens is 1. The monoisotopic (exact) mass is 277 g/mol. The maximum absolute atomic E-state index is 10.8. The van der Waals surface area contributed by atoms with Crippen LogP contribution in [0.3, 0.4) is 0 Å². The van der Waals surface area contributed by atoms with Gasteiger partial charge in [-0.15, -0.1) is 0 Å². The van der Waals surface area contributed by atoms with Crippen molar-refractivity contribution in [3.05, 3.63) is 63.1 Å². The molecule has 0 atom stereocenters. The Morgan fingerprint density at radius 1 is 1.26 bits per heavy atom. The lowest BCUT2D eigenvalue weighted by molar-refractivity contribution is -0.385. The van der Waals surface area contributed by atoms with Crippen molar-refractivity contribution in [1.29, 1.82) is 0 Å². The van der Waals surface area contributed by atoms with Crippen LogP contribution in [0.5, 0.6) is 0 Å². The predicted octanol–water partition coefficient (Wildman–Crippen LogP) is 3.29. The molecule has 0 N–H and O–H groups in total. The minimum atomic E-state index is -0.506. The Morgan fingerprint density at radius 3 is 2.74 bits per heavy atom. The molecule has 19 heavy (non-hydrogen) atoms. The standard InChI is InChI=1S/C12H8ClN3O3/c13-10-3-4-12(16(17)18)9(6-10)7-14-15-8-11-2-1-5-19-11/h1-8H/b14-7+,15-8+. The Bertz CT molecular complexity index is 636. The molecule has 0 saturated carbocycles. The van der Waals surface area contributed by atoms with Gasteiger partial charge in [-0.1, -0.05) is 11.6 Å². The van der Waals surface area contributed by atoms with Crippen LogP contribution in [0, 0.1) is 10.1 Å². The van der Waals surface area contributed by atoms with Gasteiger partial charge >= 0.3 is 0 Å². The summed E-state index contributed by atoms with van der Waals surface area (Å²) in [6.45, 7) is 0. The minimum Gasteiger partial charge on any atom is -0.463 e. The quantitative estimate of drug-likeness (QED) is 0.488. The zero-order valence-electron chi connectivity index (χ0n) is 9.56. The summed E-state index contributed by atoms with van der Waals surface area (Å²) in [6, 6.07) is 7.64. The third kappa shape index (κ3) is 3.49. The maximum atomic E-state index is 10.8. The number of nitro groups is 1. The van der Waals surface area contributed by atoms with Crippen molar-refractivity contribution >= 4 is 29.7 Å². The molecule has 1 aromatic heterocycles. The van der Waals surface area contributed by atoms with E-state index in [1.165, 1.54) is 36.9 Å². The lowest BCUT2D eigenvalue weighted by atomic mass is 10.2. The summed E-state index contributed by atoms with van der Waals surface area (Å²) in [5.74, 6) is 0.540. The van der Waals surface area contributed by atoms with Crippen LogP contribution in [0.15, 0.2) is 51.2 Å². The second-order valence-electron chi connectivity index (χ2n) is 3.46. The molecule has 0 fully saturated rings. The molecule has 0 radical (unpaired) electrons. The molecule has 0 bridgehead atoms. The molecule has 0 unspecified atom stereocenters. The highest BCUT2D eigenvalue weighted by molar-refractivity contribution is 6.31. The van der Waals surface area contributed by atoms with Gasteiger partial charge in [0.2, 0.25) is 0 Å². The minimum absolute atomic E-state index is 0.0821. The zero-order chi connectivity index (χ0) is 13.7. The van der Waals surface area contributed by atoms with Crippen LogP contribution in [0.1, 0.15) is 11.3 Å². The number of benzene rings is 1. The van der Waals surface area contributed by atoms with Crippen molar-refractivity contribution in [2.75, 3.05) is 0 Å². The van der Waals surface area contributed by atoms with Crippen LogP contribution >= 0.6 is 11.6 Å². The number of rotatable bonds is 4. The van der Waals surface area contributed by atoms with Gasteiger partial charge in [-0.05, 0) is 24.3 Å². The smallest absolute Gasteiger partial charge is 0.278 e. The first kappa shape index (κ1) is 13.0. The van der Waals surface area contributed by atoms with Gasteiger partial charge in [0.05, 0.1) is 29.2 Å². The number of hydrogen-bond acceptors (Lipinski definition) is 5. The van der Waals surface area contributed by atoms with E-state index in [2.05, 4.69) is 10.2 Å². The van der Waals surface area contributed by atoms with E-state index in [-0.39, 0.29) is 11.3 Å². The van der Waals surface area contributed by atoms with Gasteiger partial charge in [-0.25, -0.2) is 0 Å². The van der Waals surface area contributed by atoms with Crippen LogP contribution < -0.4 is 0 Å². The second-order valence-corrected chi connectivity index (χ2v) is 3.90. The molecule has 6 nitrogen and oxygen atoms in total. The molecular formula is C12H8ClN3O3. The van der Waals surface area contributed by atoms with E-state index in [4.69, 9.17) is 16.0 Å². The van der Waals surface area contributed by atoms with Crippen LogP contribution in [0.4, 0.5) is 5.69 Å². The van der Waals surface area contributed by atoms with Crippen molar-refractivity contribution in [2.24, 2.45) is 10.2 Å². The van der Waals surface area contributed by atoms with E-state index < -0.39 is 4.92 Å². The molecule has 2 aromatic rings. The molecule has 0 amide bonds. The summed E-state index contributed by atoms with van der Waals surface area (Å²) >= 11 is 5.78. The van der Waals surface area contributed by atoms with E-state index in [0.29, 0.717) is 10.8 Å². The fraction of sp³-hybridized carbons (Fsp3) is 0. The Balaban J connectivity index is 2.18. The van der Waals surface area contributed by atoms with Gasteiger partial charge in [0.25, 0.3) is 5.69 Å². The number of furan rings is 1. The SMILES string of the molecule is O=[N+]([O-])c1ccc(Cl)cc1/C=N/N=C/c1ccco1. The zero-order valence-corrected chi connectivity index (χ0v) is 10.3. The summed E-state index contributed by atoms with van der Waals surface area (Å²) in [5.41, 5.74) is 0.204. The fourth-order valence-corrected chi connectivity index (χ4v) is 1.53. The summed E-state index contributed by atoms with van der Waals surface area (Å²) in [5, 5.41) is 18.6. The first-order valence-electron chi connectivity index (χ1n) is 5.20. The topological polar surface area (TPSA) is 81.0 Å². The average molecular weight is 278 g/mol. The summed E-state index contributed by atoms with van der Waals surface area (Å²) in [7, 11) is 0. The van der Waals surface area contributed by atoms with Gasteiger partial charge in [-0.2, -0.15) is 10.2 Å². The van der Waals surface area contributed by atoms with Crippen LogP contribution in [-0.4, -0.2) is 17.4 Å². The molecule has 0 spiro atoms. The normalized spacial score (nSPS) is 11.4. The first-order chi connectivity index (χ1) is 9.16. The number of hydrogen-bond donors (Lipinski definition) is 0. The van der Waals surface area contributed by atoms with E-state index in [9.17, 15) is 10.1 Å². The molecule has 0 saturated heterocycles. The predicted molar refractivity (Wildman–Crippen MR) is 72.0 cm³/mol. The van der Waals surface area contributed by atoms with E-state index >= 15 is 0 Å². The largest absolute Gasteiger partial charge is 0.463 e. The molecule has 0 aliphatic rings. The molecule has 96 valence electrons. The van der Waals surface area contributed by atoms with Crippen LogP contribution in [0.2, 0.25) is 5.02 Å². The highest BCUT2D eigenvalue weighted by atomic mass is 35.5. The summed E-state index contributed by atoms with van der Waals surface area (Å²) < 4.78 is 5.01. The molecule has 0 aliphatic heterocycles. The maximum Gasteiger partial charge on any atom is 0.278 e. The van der Waals surface area contributed by atoms with Crippen LogP contribution in [-0.2, 0) is 0 Å². The Hall–Kier alpha value is -2.47. The summed E-state index contributed by atoms with van der Waals surface area (Å²) in [4.78, 5) is 10.3. The first-order valence-corrected chi connectivity index (χ1v) is 5.58. The molecule has 7 heteroatoms. The lowest BCUT2D eigenvalue weighted by Crippen LogP contribution is -1.94. The van der Waals surface area contributed by atoms with Crippen molar-refractivity contribution in [2.45, 2.75) is 0 Å². The van der Waals surface area contributed by atoms with Gasteiger partial charge in [-0.3, -0.25) is 10.1 Å². The van der Waals surface area contributed by atoms with Gasteiger partial charge in [0.15, 0.2) is 0 Å². The number of nitrogens with zero attached hydrogens (tertiary/aromatic N) is 3. The third-order valence-corrected chi connectivity index (χ3v) is 2.41. The fourth-order valence-electron chi connectivity index (χ4n) is 1.35. The second kappa shape index (κ2) is 5.92. The van der Waals surface area contributed by atoms with Crippen LogP contribution in [0.25, 0.3) is 0 Å². The Labute approximate surface area is 113 Å². The molecule has 2 rings (SSSR count). The Kier molecular flexibility index (Phi) is 4.04. The van der Waals surface area contributed by atoms with E-state index in [1.807, 2.05) is 0 Å². The molecule has 1 aromatic carbocycles. The third-order valence-electron chi connectivity index (χ3n) is 2.18. The number of nitro benzene ring substituents is 1. The van der Waals surface area contributed by atoms with E-state index in [1.54, 1.807) is 12.1 Å². The average Bonchev–Trinajstić information content (AvgIpc) is 2.87. The molecule has 0 aliphatic carbocycles. The van der Waals surface area contributed by atoms with Crippen molar-refractivity contribution in [1.82, 2.24) is 0 Å². The van der Waals surface area contributed by atoms with Gasteiger partial charge < -0.3 is 4.42 Å². The van der Waals surface area contributed by atoms with Crippen molar-refractivity contribution < 1.29 is 9.34 Å². The van der Waals surface area contributed by atoms with Crippen molar-refractivity contribution in [3.8, 4) is 0 Å². The van der Waals surface area contributed by atoms with E-state index in [0.717, 1.165) is 0 Å².